The topological polar surface area (TPSA) is 135 Å². The molecule has 4 amide bonds. The van der Waals surface area contributed by atoms with E-state index < -0.39 is 24.3 Å². The fourth-order valence-corrected chi connectivity index (χ4v) is 5.38. The highest BCUT2D eigenvalue weighted by atomic mass is 16.6. The van der Waals surface area contributed by atoms with Crippen molar-refractivity contribution < 1.29 is 28.7 Å². The van der Waals surface area contributed by atoms with Gasteiger partial charge in [0.1, 0.15) is 25.3 Å². The van der Waals surface area contributed by atoms with E-state index in [1.165, 1.54) is 0 Å². The van der Waals surface area contributed by atoms with Crippen LogP contribution in [0.2, 0.25) is 0 Å². The first-order valence-electron chi connectivity index (χ1n) is 17.5. The molecule has 10 heteroatoms. The first kappa shape index (κ1) is 38.2. The quantitative estimate of drug-likeness (QED) is 0.0810. The molecule has 2 atom stereocenters. The summed E-state index contributed by atoms with van der Waals surface area (Å²) in [4.78, 5) is 51.2. The normalized spacial score (nSPS) is 11.8. The van der Waals surface area contributed by atoms with Gasteiger partial charge in [-0.2, -0.15) is 0 Å². The van der Waals surface area contributed by atoms with Gasteiger partial charge in [0, 0.05) is 25.9 Å². The van der Waals surface area contributed by atoms with Crippen LogP contribution >= 0.6 is 0 Å². The van der Waals surface area contributed by atoms with Gasteiger partial charge in [-0.1, -0.05) is 141 Å². The number of hydrogen-bond acceptors (Lipinski definition) is 6. The SMILES string of the molecule is O=C(N[C@@H](Cc1ccccc1)C(=O)NCCCCCCCNC(=O)[C@H](Cc1ccccc1)NC(=O)OCc1ccccc1)OCc1ccccc1. The van der Waals surface area contributed by atoms with E-state index in [4.69, 9.17) is 9.47 Å². The van der Waals surface area contributed by atoms with Crippen LogP contribution in [0.3, 0.4) is 0 Å². The maximum Gasteiger partial charge on any atom is 0.408 e. The van der Waals surface area contributed by atoms with Gasteiger partial charge < -0.3 is 30.7 Å². The lowest BCUT2D eigenvalue weighted by Gasteiger charge is -2.19. The number of benzene rings is 4. The van der Waals surface area contributed by atoms with Crippen molar-refractivity contribution in [1.82, 2.24) is 21.3 Å². The average molecular weight is 693 g/mol. The third-order valence-electron chi connectivity index (χ3n) is 8.16. The number of rotatable bonds is 20. The number of hydrogen-bond donors (Lipinski definition) is 4. The molecule has 0 unspecified atom stereocenters. The predicted molar refractivity (Wildman–Crippen MR) is 196 cm³/mol. The van der Waals surface area contributed by atoms with Crippen molar-refractivity contribution >= 4 is 24.0 Å². The third-order valence-corrected chi connectivity index (χ3v) is 8.16. The van der Waals surface area contributed by atoms with Crippen LogP contribution in [0.5, 0.6) is 0 Å². The Kier molecular flexibility index (Phi) is 16.6. The van der Waals surface area contributed by atoms with E-state index in [0.29, 0.717) is 25.9 Å². The molecular weight excluding hydrogens is 644 g/mol. The van der Waals surface area contributed by atoms with Crippen LogP contribution in [-0.4, -0.2) is 49.2 Å². The molecule has 0 saturated carbocycles. The number of unbranched alkanes of at least 4 members (excludes halogenated alkanes) is 4. The van der Waals surface area contributed by atoms with Gasteiger partial charge in [0.25, 0.3) is 0 Å². The van der Waals surface area contributed by atoms with E-state index >= 15 is 0 Å². The Labute approximate surface area is 300 Å². The Morgan fingerprint density at radius 2 is 0.745 bits per heavy atom. The highest BCUT2D eigenvalue weighted by Crippen LogP contribution is 2.08. The van der Waals surface area contributed by atoms with Crippen molar-refractivity contribution in [2.45, 2.75) is 70.2 Å². The summed E-state index contributed by atoms with van der Waals surface area (Å²) < 4.78 is 10.7. The van der Waals surface area contributed by atoms with Gasteiger partial charge in [-0.3, -0.25) is 9.59 Å². The van der Waals surface area contributed by atoms with E-state index in [-0.39, 0.29) is 25.0 Å². The van der Waals surface area contributed by atoms with Crippen LogP contribution in [-0.2, 0) is 45.1 Å². The third kappa shape index (κ3) is 15.2. The van der Waals surface area contributed by atoms with E-state index in [1.54, 1.807) is 0 Å². The number of ether oxygens (including phenoxy) is 2. The van der Waals surface area contributed by atoms with Crippen molar-refractivity contribution in [2.24, 2.45) is 0 Å². The summed E-state index contributed by atoms with van der Waals surface area (Å²) in [7, 11) is 0. The van der Waals surface area contributed by atoms with Gasteiger partial charge in [0.2, 0.25) is 11.8 Å². The molecule has 0 aliphatic carbocycles. The average Bonchev–Trinajstić information content (AvgIpc) is 3.16. The van der Waals surface area contributed by atoms with E-state index in [2.05, 4.69) is 21.3 Å². The molecular formula is C41H48N4O6. The monoisotopic (exact) mass is 692 g/mol. The molecule has 0 aromatic heterocycles. The molecule has 0 aliphatic heterocycles. The second-order valence-electron chi connectivity index (χ2n) is 12.2. The molecule has 0 aliphatic rings. The van der Waals surface area contributed by atoms with Crippen molar-refractivity contribution in [3.8, 4) is 0 Å². The first-order chi connectivity index (χ1) is 25.0. The summed E-state index contributed by atoms with van der Waals surface area (Å²) >= 11 is 0. The molecule has 0 bridgehead atoms. The van der Waals surface area contributed by atoms with E-state index in [9.17, 15) is 19.2 Å². The number of amides is 4. The molecule has 10 nitrogen and oxygen atoms in total. The van der Waals surface area contributed by atoms with Crippen LogP contribution in [0.25, 0.3) is 0 Å². The zero-order valence-corrected chi connectivity index (χ0v) is 28.9. The second-order valence-corrected chi connectivity index (χ2v) is 12.2. The Balaban J connectivity index is 1.13. The fraction of sp³-hybridized carbons (Fsp3) is 0.317. The Morgan fingerprint density at radius 1 is 0.431 bits per heavy atom. The summed E-state index contributed by atoms with van der Waals surface area (Å²) in [6, 6.07) is 36.3. The summed E-state index contributed by atoms with van der Waals surface area (Å²) in [6.45, 7) is 1.19. The number of nitrogens with one attached hydrogen (secondary N) is 4. The van der Waals surface area contributed by atoms with Crippen molar-refractivity contribution in [1.29, 1.82) is 0 Å². The minimum Gasteiger partial charge on any atom is -0.445 e. The lowest BCUT2D eigenvalue weighted by Crippen LogP contribution is -2.48. The molecule has 0 saturated heterocycles. The first-order valence-corrected chi connectivity index (χ1v) is 17.5. The van der Waals surface area contributed by atoms with Crippen molar-refractivity contribution in [3.63, 3.8) is 0 Å². The van der Waals surface area contributed by atoms with Crippen LogP contribution in [0.1, 0.15) is 54.4 Å². The van der Waals surface area contributed by atoms with Crippen LogP contribution in [0.4, 0.5) is 9.59 Å². The minimum absolute atomic E-state index is 0.116. The van der Waals surface area contributed by atoms with Gasteiger partial charge in [-0.05, 0) is 35.1 Å². The molecule has 4 aromatic carbocycles. The maximum absolute atomic E-state index is 13.1. The minimum atomic E-state index is -0.773. The molecule has 4 aromatic rings. The van der Waals surface area contributed by atoms with Crippen LogP contribution in [0.15, 0.2) is 121 Å². The fourth-order valence-electron chi connectivity index (χ4n) is 5.38. The van der Waals surface area contributed by atoms with Gasteiger partial charge in [-0.25, -0.2) is 9.59 Å². The molecule has 4 rings (SSSR count). The summed E-state index contributed by atoms with van der Waals surface area (Å²) in [5, 5.41) is 11.4. The van der Waals surface area contributed by atoms with E-state index in [1.807, 2.05) is 121 Å². The number of carbonyl (C=O) groups is 4. The Hall–Kier alpha value is -5.64. The molecule has 51 heavy (non-hydrogen) atoms. The smallest absolute Gasteiger partial charge is 0.408 e. The lowest BCUT2D eigenvalue weighted by molar-refractivity contribution is -0.123. The van der Waals surface area contributed by atoms with E-state index in [0.717, 1.165) is 54.4 Å². The van der Waals surface area contributed by atoms with Gasteiger partial charge in [0.15, 0.2) is 0 Å². The predicted octanol–water partition coefficient (Wildman–Crippen LogP) is 6.24. The van der Waals surface area contributed by atoms with Gasteiger partial charge >= 0.3 is 12.2 Å². The van der Waals surface area contributed by atoms with Crippen LogP contribution in [0, 0.1) is 0 Å². The highest BCUT2D eigenvalue weighted by molar-refractivity contribution is 5.86. The van der Waals surface area contributed by atoms with Crippen LogP contribution < -0.4 is 21.3 Å². The molecule has 0 spiro atoms. The molecule has 268 valence electrons. The largest absolute Gasteiger partial charge is 0.445 e. The van der Waals surface area contributed by atoms with Crippen molar-refractivity contribution in [2.75, 3.05) is 13.1 Å². The number of alkyl carbamates (subject to hydrolysis) is 2. The highest BCUT2D eigenvalue weighted by Gasteiger charge is 2.23. The number of carbonyl (C=O) groups excluding carboxylic acids is 4. The Bertz CT molecular complexity index is 1490. The maximum atomic E-state index is 13.1. The molecule has 4 N–H and O–H groups in total. The van der Waals surface area contributed by atoms with Gasteiger partial charge in [-0.15, -0.1) is 0 Å². The molecule has 0 fully saturated rings. The Morgan fingerprint density at radius 3 is 1.10 bits per heavy atom. The zero-order valence-electron chi connectivity index (χ0n) is 28.9. The molecule has 0 heterocycles. The zero-order chi connectivity index (χ0) is 35.9. The standard InChI is InChI=1S/C41H48N4O6/c46-38(36(28-32-18-8-4-9-19-32)44-40(48)50-30-34-22-12-6-13-23-34)42-26-16-2-1-3-17-27-43-39(47)37(29-33-20-10-5-11-21-33)45-41(49)51-31-35-24-14-7-15-25-35/h4-15,18-25,36-37H,1-3,16-17,26-31H2,(H,42,46)(H,43,47)(H,44,48)(H,45,49)/t36-,37-/m0/s1. The summed E-state index contributed by atoms with van der Waals surface area (Å²) in [5.74, 6) is -0.526. The summed E-state index contributed by atoms with van der Waals surface area (Å²) in [6.07, 6.45) is 3.68. The molecule has 0 radical (unpaired) electrons. The second kappa shape index (κ2) is 22.2. The van der Waals surface area contributed by atoms with Crippen molar-refractivity contribution in [3.05, 3.63) is 144 Å². The van der Waals surface area contributed by atoms with Gasteiger partial charge in [0.05, 0.1) is 0 Å². The summed E-state index contributed by atoms with van der Waals surface area (Å²) in [5.41, 5.74) is 3.58. The lowest BCUT2D eigenvalue weighted by atomic mass is 10.1.